The lowest BCUT2D eigenvalue weighted by Crippen LogP contribution is -2.45. The molecule has 1 aromatic carbocycles. The van der Waals surface area contributed by atoms with Crippen LogP contribution in [0.5, 0.6) is 0 Å². The second-order valence-electron chi connectivity index (χ2n) is 4.65. The molecule has 20 heavy (non-hydrogen) atoms. The van der Waals surface area contributed by atoms with Crippen molar-refractivity contribution in [3.8, 4) is 0 Å². The molecule has 1 aromatic rings. The van der Waals surface area contributed by atoms with E-state index in [1.165, 1.54) is 25.3 Å². The molecule has 110 valence electrons. The zero-order valence-corrected chi connectivity index (χ0v) is 11.8. The van der Waals surface area contributed by atoms with Crippen LogP contribution in [0.4, 0.5) is 10.1 Å². The van der Waals surface area contributed by atoms with Crippen LogP contribution in [0.15, 0.2) is 24.3 Å². The highest BCUT2D eigenvalue weighted by atomic mass is 19.1. The molecule has 5 nitrogen and oxygen atoms in total. The van der Waals surface area contributed by atoms with Gasteiger partial charge in [-0.15, -0.1) is 0 Å². The number of benzene rings is 1. The van der Waals surface area contributed by atoms with Gasteiger partial charge < -0.3 is 10.1 Å². The van der Waals surface area contributed by atoms with E-state index in [2.05, 4.69) is 15.4 Å². The summed E-state index contributed by atoms with van der Waals surface area (Å²) in [6, 6.07) is 5.31. The summed E-state index contributed by atoms with van der Waals surface area (Å²) in [5.41, 5.74) is 0.110. The molecule has 0 aliphatic carbocycles. The smallest absolute Gasteiger partial charge is 0.323 e. The minimum atomic E-state index is -0.577. The molecule has 0 aliphatic rings. The second-order valence-corrected chi connectivity index (χ2v) is 4.65. The van der Waals surface area contributed by atoms with Gasteiger partial charge in [0.1, 0.15) is 11.9 Å². The largest absolute Gasteiger partial charge is 0.468 e. The van der Waals surface area contributed by atoms with Gasteiger partial charge in [0.25, 0.3) is 0 Å². The number of ether oxygens (including phenoxy) is 1. The third-order valence-corrected chi connectivity index (χ3v) is 2.75. The summed E-state index contributed by atoms with van der Waals surface area (Å²) in [5.74, 6) is -1.39. The number of carbonyl (C=O) groups is 2. The molecule has 0 heterocycles. The molecule has 1 amide bonds. The molecule has 1 rings (SSSR count). The minimum Gasteiger partial charge on any atom is -0.468 e. The highest BCUT2D eigenvalue weighted by molar-refractivity contribution is 5.92. The first kappa shape index (κ1) is 16.1. The van der Waals surface area contributed by atoms with Crippen LogP contribution in [0, 0.1) is 11.7 Å². The number of halogens is 1. The quantitative estimate of drug-likeness (QED) is 0.777. The van der Waals surface area contributed by atoms with Gasteiger partial charge in [-0.25, -0.2) is 4.39 Å². The van der Waals surface area contributed by atoms with E-state index >= 15 is 0 Å². The number of amides is 1. The van der Waals surface area contributed by atoms with Crippen LogP contribution in [0.25, 0.3) is 0 Å². The molecular formula is C14H19FN2O3. The molecule has 1 unspecified atom stereocenters. The summed E-state index contributed by atoms with van der Waals surface area (Å²) in [4.78, 5) is 23.2. The number of carbonyl (C=O) groups excluding carboxylic acids is 2. The molecule has 0 radical (unpaired) electrons. The average Bonchev–Trinajstić information content (AvgIpc) is 2.41. The Morgan fingerprint density at radius 2 is 1.95 bits per heavy atom. The van der Waals surface area contributed by atoms with E-state index < -0.39 is 23.7 Å². The van der Waals surface area contributed by atoms with E-state index in [9.17, 15) is 14.0 Å². The van der Waals surface area contributed by atoms with Crippen molar-refractivity contribution >= 4 is 17.6 Å². The fraction of sp³-hybridized carbons (Fsp3) is 0.429. The predicted octanol–water partition coefficient (Wildman–Crippen LogP) is 1.55. The van der Waals surface area contributed by atoms with E-state index in [-0.39, 0.29) is 18.2 Å². The summed E-state index contributed by atoms with van der Waals surface area (Å²) in [5, 5.41) is 5.23. The van der Waals surface area contributed by atoms with Crippen molar-refractivity contribution in [1.29, 1.82) is 0 Å². The van der Waals surface area contributed by atoms with Crippen LogP contribution in [0.2, 0.25) is 0 Å². The van der Waals surface area contributed by atoms with Crippen LogP contribution < -0.4 is 10.6 Å². The monoisotopic (exact) mass is 282 g/mol. The first-order valence-corrected chi connectivity index (χ1v) is 6.31. The van der Waals surface area contributed by atoms with Gasteiger partial charge >= 0.3 is 5.97 Å². The Bertz CT molecular complexity index is 477. The summed E-state index contributed by atoms with van der Waals surface area (Å²) < 4.78 is 18.0. The number of anilines is 1. The average molecular weight is 282 g/mol. The van der Waals surface area contributed by atoms with Crippen LogP contribution in [0.3, 0.4) is 0 Å². The number of nitrogens with one attached hydrogen (secondary N) is 2. The summed E-state index contributed by atoms with van der Waals surface area (Å²) in [7, 11) is 1.29. The van der Waals surface area contributed by atoms with Crippen molar-refractivity contribution < 1.29 is 18.7 Å². The second kappa shape index (κ2) is 7.59. The standard InChI is InChI=1S/C14H19FN2O3/c1-9(2)13(14(19)20-3)16-8-12(18)17-11-7-5-4-6-10(11)15/h4-7,9,13,16H,8H2,1-3H3,(H,17,18). The SMILES string of the molecule is COC(=O)C(NCC(=O)Nc1ccccc1F)C(C)C. The zero-order valence-electron chi connectivity index (χ0n) is 11.8. The van der Waals surface area contributed by atoms with Gasteiger partial charge in [-0.2, -0.15) is 0 Å². The Morgan fingerprint density at radius 3 is 2.50 bits per heavy atom. The predicted molar refractivity (Wildman–Crippen MR) is 73.7 cm³/mol. The van der Waals surface area contributed by atoms with Crippen molar-refractivity contribution in [1.82, 2.24) is 5.32 Å². The normalized spacial score (nSPS) is 12.1. The highest BCUT2D eigenvalue weighted by Gasteiger charge is 2.23. The zero-order chi connectivity index (χ0) is 15.1. The molecule has 0 fully saturated rings. The molecule has 1 atom stereocenters. The molecule has 0 bridgehead atoms. The van der Waals surface area contributed by atoms with E-state index in [1.807, 2.05) is 13.8 Å². The number of methoxy groups -OCH3 is 1. The Morgan fingerprint density at radius 1 is 1.30 bits per heavy atom. The molecule has 0 spiro atoms. The molecule has 0 saturated heterocycles. The molecule has 2 N–H and O–H groups in total. The van der Waals surface area contributed by atoms with Crippen LogP contribution >= 0.6 is 0 Å². The molecule has 0 aliphatic heterocycles. The number of rotatable bonds is 6. The number of para-hydroxylation sites is 1. The highest BCUT2D eigenvalue weighted by Crippen LogP contribution is 2.12. The fourth-order valence-corrected chi connectivity index (χ4v) is 1.68. The van der Waals surface area contributed by atoms with Crippen molar-refractivity contribution in [3.05, 3.63) is 30.1 Å². The maximum atomic E-state index is 13.4. The van der Waals surface area contributed by atoms with Gasteiger partial charge in [0.2, 0.25) is 5.91 Å². The van der Waals surface area contributed by atoms with Gasteiger partial charge in [-0.05, 0) is 18.1 Å². The number of hydrogen-bond donors (Lipinski definition) is 2. The topological polar surface area (TPSA) is 67.4 Å². The third-order valence-electron chi connectivity index (χ3n) is 2.75. The molecular weight excluding hydrogens is 263 g/mol. The van der Waals surface area contributed by atoms with Gasteiger partial charge in [0.15, 0.2) is 0 Å². The van der Waals surface area contributed by atoms with Crippen LogP contribution in [-0.4, -0.2) is 31.6 Å². The maximum absolute atomic E-state index is 13.4. The molecule has 0 saturated carbocycles. The van der Waals surface area contributed by atoms with Gasteiger partial charge in [-0.3, -0.25) is 14.9 Å². The Balaban J connectivity index is 2.54. The van der Waals surface area contributed by atoms with Crippen molar-refractivity contribution in [2.45, 2.75) is 19.9 Å². The minimum absolute atomic E-state index is 0.0243. The van der Waals surface area contributed by atoms with Gasteiger partial charge in [0.05, 0.1) is 19.3 Å². The Labute approximate surface area is 117 Å². The van der Waals surface area contributed by atoms with Crippen LogP contribution in [-0.2, 0) is 14.3 Å². The summed E-state index contributed by atoms with van der Waals surface area (Å²) >= 11 is 0. The first-order valence-electron chi connectivity index (χ1n) is 6.31. The van der Waals surface area contributed by atoms with E-state index in [1.54, 1.807) is 6.07 Å². The third kappa shape index (κ3) is 4.62. The summed E-state index contributed by atoms with van der Waals surface area (Å²) in [6.45, 7) is 3.57. The van der Waals surface area contributed by atoms with E-state index in [0.29, 0.717) is 0 Å². The lowest BCUT2D eigenvalue weighted by Gasteiger charge is -2.19. The maximum Gasteiger partial charge on any atom is 0.323 e. The Hall–Kier alpha value is -1.95. The number of hydrogen-bond acceptors (Lipinski definition) is 4. The van der Waals surface area contributed by atoms with Crippen molar-refractivity contribution in [3.63, 3.8) is 0 Å². The Kier molecular flexibility index (Phi) is 6.11. The fourth-order valence-electron chi connectivity index (χ4n) is 1.68. The summed E-state index contributed by atoms with van der Waals surface area (Å²) in [6.07, 6.45) is 0. The lowest BCUT2D eigenvalue weighted by atomic mass is 10.0. The molecule has 0 aromatic heterocycles. The van der Waals surface area contributed by atoms with Gasteiger partial charge in [0, 0.05) is 0 Å². The van der Waals surface area contributed by atoms with Crippen LogP contribution in [0.1, 0.15) is 13.8 Å². The van der Waals surface area contributed by atoms with E-state index in [0.717, 1.165) is 0 Å². The lowest BCUT2D eigenvalue weighted by molar-refractivity contribution is -0.144. The number of esters is 1. The van der Waals surface area contributed by atoms with E-state index in [4.69, 9.17) is 0 Å². The molecule has 6 heteroatoms. The van der Waals surface area contributed by atoms with Crippen molar-refractivity contribution in [2.24, 2.45) is 5.92 Å². The van der Waals surface area contributed by atoms with Gasteiger partial charge in [-0.1, -0.05) is 26.0 Å². The van der Waals surface area contributed by atoms with Crippen molar-refractivity contribution in [2.75, 3.05) is 19.0 Å². The first-order chi connectivity index (χ1) is 9.45.